The minimum atomic E-state index is 0.0269. The Morgan fingerprint density at radius 2 is 2.27 bits per heavy atom. The minimum absolute atomic E-state index is 0.0269. The van der Waals surface area contributed by atoms with Gasteiger partial charge in [-0.15, -0.1) is 10.2 Å². The topological polar surface area (TPSA) is 82.5 Å². The van der Waals surface area contributed by atoms with E-state index in [9.17, 15) is 0 Å². The molecule has 3 heterocycles. The lowest BCUT2D eigenvalue weighted by Crippen LogP contribution is -2.04. The Morgan fingerprint density at radius 3 is 3.00 bits per heavy atom. The zero-order valence-electron chi connectivity index (χ0n) is 12.4. The molecule has 0 aliphatic heterocycles. The molecular weight excluding hydrogens is 300 g/mol. The van der Waals surface area contributed by atoms with Crippen LogP contribution in [0.5, 0.6) is 0 Å². The Labute approximate surface area is 132 Å². The number of thioether (sulfide) groups is 1. The summed E-state index contributed by atoms with van der Waals surface area (Å²) in [5.74, 6) is 1.24. The van der Waals surface area contributed by atoms with Gasteiger partial charge in [0.25, 0.3) is 0 Å². The zero-order chi connectivity index (χ0) is 15.4. The second kappa shape index (κ2) is 6.69. The Morgan fingerprint density at radius 1 is 1.36 bits per heavy atom. The van der Waals surface area contributed by atoms with E-state index in [1.54, 1.807) is 31.2 Å². The fourth-order valence-electron chi connectivity index (χ4n) is 1.96. The smallest absolute Gasteiger partial charge is 0.239 e. The first kappa shape index (κ1) is 14.7. The van der Waals surface area contributed by atoms with Crippen molar-refractivity contribution >= 4 is 11.8 Å². The number of nitrogens with zero attached hydrogens (tertiary/aromatic N) is 6. The maximum absolute atomic E-state index is 5.19. The van der Waals surface area contributed by atoms with Crippen LogP contribution in [-0.4, -0.2) is 29.9 Å². The van der Waals surface area contributed by atoms with E-state index in [-0.39, 0.29) is 5.25 Å². The van der Waals surface area contributed by atoms with Crippen molar-refractivity contribution < 1.29 is 4.52 Å². The number of aryl methyl sites for hydroxylation is 3. The summed E-state index contributed by atoms with van der Waals surface area (Å²) in [5, 5.41) is 12.8. The Bertz CT molecular complexity index is 726. The molecule has 22 heavy (non-hydrogen) atoms. The van der Waals surface area contributed by atoms with Gasteiger partial charge < -0.3 is 9.09 Å². The molecule has 3 aromatic heterocycles. The van der Waals surface area contributed by atoms with E-state index in [2.05, 4.69) is 25.3 Å². The quantitative estimate of drug-likeness (QED) is 0.646. The van der Waals surface area contributed by atoms with E-state index in [0.29, 0.717) is 11.7 Å². The monoisotopic (exact) mass is 316 g/mol. The molecule has 1 atom stereocenters. The summed E-state index contributed by atoms with van der Waals surface area (Å²) in [6, 6.07) is 5.92. The molecule has 0 amide bonds. The third-order valence-electron chi connectivity index (χ3n) is 3.09. The molecule has 0 fully saturated rings. The average Bonchev–Trinajstić information content (AvgIpc) is 3.15. The molecule has 3 aromatic rings. The Kier molecular flexibility index (Phi) is 4.47. The molecule has 0 N–H and O–H groups in total. The van der Waals surface area contributed by atoms with Crippen molar-refractivity contribution in [2.75, 3.05) is 0 Å². The van der Waals surface area contributed by atoms with Gasteiger partial charge in [0.2, 0.25) is 5.89 Å². The highest BCUT2D eigenvalue weighted by Crippen LogP contribution is 2.32. The van der Waals surface area contributed by atoms with Gasteiger partial charge in [0.05, 0.1) is 5.25 Å². The number of hydrogen-bond donors (Lipinski definition) is 0. The van der Waals surface area contributed by atoms with E-state index >= 15 is 0 Å². The molecule has 0 bridgehead atoms. The van der Waals surface area contributed by atoms with Crippen molar-refractivity contribution in [2.45, 2.75) is 37.2 Å². The molecule has 8 heteroatoms. The van der Waals surface area contributed by atoms with E-state index in [4.69, 9.17) is 4.52 Å². The van der Waals surface area contributed by atoms with Gasteiger partial charge in [-0.25, -0.2) is 0 Å². The van der Waals surface area contributed by atoms with Gasteiger partial charge in [0.15, 0.2) is 11.0 Å². The first-order valence-corrected chi connectivity index (χ1v) is 7.85. The summed E-state index contributed by atoms with van der Waals surface area (Å²) in [5.41, 5.74) is 1.05. The van der Waals surface area contributed by atoms with Crippen LogP contribution in [0, 0.1) is 6.92 Å². The lowest BCUT2D eigenvalue weighted by Gasteiger charge is -2.08. The largest absolute Gasteiger partial charge is 0.338 e. The lowest BCUT2D eigenvalue weighted by molar-refractivity contribution is 0.376. The maximum Gasteiger partial charge on any atom is 0.239 e. The molecule has 0 aliphatic rings. The molecule has 0 saturated heterocycles. The predicted molar refractivity (Wildman–Crippen MR) is 81.3 cm³/mol. The first-order valence-electron chi connectivity index (χ1n) is 6.97. The highest BCUT2D eigenvalue weighted by Gasteiger charge is 2.17. The summed E-state index contributed by atoms with van der Waals surface area (Å²) in [4.78, 5) is 8.57. The van der Waals surface area contributed by atoms with E-state index in [0.717, 1.165) is 23.8 Å². The van der Waals surface area contributed by atoms with Gasteiger partial charge in [-0.1, -0.05) is 23.0 Å². The van der Waals surface area contributed by atoms with Crippen molar-refractivity contribution in [2.24, 2.45) is 0 Å². The summed E-state index contributed by atoms with van der Waals surface area (Å²) in [7, 11) is 0. The van der Waals surface area contributed by atoms with E-state index in [1.165, 1.54) is 0 Å². The van der Waals surface area contributed by atoms with Gasteiger partial charge in [0.1, 0.15) is 6.33 Å². The standard InChI is InChI=1S/C14H16N6OS/c1-10(13-17-11(2)19-21-13)22-14-18-16-9-20(14)8-6-12-5-3-4-7-15-12/h3-5,7,9-10H,6,8H2,1-2H3/t10-/m1/s1. The summed E-state index contributed by atoms with van der Waals surface area (Å²) >= 11 is 1.55. The molecule has 114 valence electrons. The predicted octanol–water partition coefficient (Wildman–Crippen LogP) is 2.46. The summed E-state index contributed by atoms with van der Waals surface area (Å²) in [6.07, 6.45) is 4.37. The van der Waals surface area contributed by atoms with Gasteiger partial charge in [-0.05, 0) is 26.0 Å². The van der Waals surface area contributed by atoms with Crippen molar-refractivity contribution in [3.05, 3.63) is 48.1 Å². The third-order valence-corrected chi connectivity index (χ3v) is 4.17. The van der Waals surface area contributed by atoms with Crippen LogP contribution in [0.1, 0.15) is 29.6 Å². The minimum Gasteiger partial charge on any atom is -0.338 e. The second-order valence-electron chi connectivity index (χ2n) is 4.82. The Balaban J connectivity index is 1.64. The third kappa shape index (κ3) is 3.51. The highest BCUT2D eigenvalue weighted by molar-refractivity contribution is 7.99. The fourth-order valence-corrected chi connectivity index (χ4v) is 2.84. The lowest BCUT2D eigenvalue weighted by atomic mass is 10.3. The number of aromatic nitrogens is 6. The van der Waals surface area contributed by atoms with Gasteiger partial charge in [0, 0.05) is 24.9 Å². The van der Waals surface area contributed by atoms with E-state index < -0.39 is 0 Å². The maximum atomic E-state index is 5.19. The Hall–Kier alpha value is -2.22. The number of pyridine rings is 1. The zero-order valence-corrected chi connectivity index (χ0v) is 13.2. The molecule has 0 unspecified atom stereocenters. The molecule has 0 aromatic carbocycles. The first-order chi connectivity index (χ1) is 10.7. The van der Waals surface area contributed by atoms with Crippen molar-refractivity contribution in [1.82, 2.24) is 29.9 Å². The molecule has 0 radical (unpaired) electrons. The van der Waals surface area contributed by atoms with Gasteiger partial charge in [-0.3, -0.25) is 4.98 Å². The van der Waals surface area contributed by atoms with Crippen LogP contribution in [0.2, 0.25) is 0 Å². The number of rotatable bonds is 6. The molecular formula is C14H16N6OS. The normalized spacial score (nSPS) is 12.5. The van der Waals surface area contributed by atoms with Crippen LogP contribution in [0.3, 0.4) is 0 Å². The van der Waals surface area contributed by atoms with Crippen LogP contribution in [0.4, 0.5) is 0 Å². The van der Waals surface area contributed by atoms with Crippen LogP contribution >= 0.6 is 11.8 Å². The molecule has 3 rings (SSSR count). The van der Waals surface area contributed by atoms with Gasteiger partial charge >= 0.3 is 0 Å². The summed E-state index contributed by atoms with van der Waals surface area (Å²) in [6.45, 7) is 4.59. The molecule has 0 aliphatic carbocycles. The van der Waals surface area contributed by atoms with Crippen molar-refractivity contribution in [3.8, 4) is 0 Å². The fraction of sp³-hybridized carbons (Fsp3) is 0.357. The molecule has 0 saturated carbocycles. The molecule has 7 nitrogen and oxygen atoms in total. The number of hydrogen-bond acceptors (Lipinski definition) is 7. The average molecular weight is 316 g/mol. The highest BCUT2D eigenvalue weighted by atomic mass is 32.2. The van der Waals surface area contributed by atoms with Gasteiger partial charge in [-0.2, -0.15) is 4.98 Å². The van der Waals surface area contributed by atoms with Crippen molar-refractivity contribution in [1.29, 1.82) is 0 Å². The van der Waals surface area contributed by atoms with Crippen LogP contribution in [0.25, 0.3) is 0 Å². The van der Waals surface area contributed by atoms with Crippen molar-refractivity contribution in [3.63, 3.8) is 0 Å². The van der Waals surface area contributed by atoms with Crippen LogP contribution in [0.15, 0.2) is 40.4 Å². The van der Waals surface area contributed by atoms with E-state index in [1.807, 2.05) is 29.7 Å². The SMILES string of the molecule is Cc1noc([C@@H](C)Sc2nncn2CCc2ccccn2)n1. The van der Waals surface area contributed by atoms with Crippen LogP contribution in [-0.2, 0) is 13.0 Å². The molecule has 0 spiro atoms. The summed E-state index contributed by atoms with van der Waals surface area (Å²) < 4.78 is 7.21. The second-order valence-corrected chi connectivity index (χ2v) is 6.13. The van der Waals surface area contributed by atoms with Crippen LogP contribution < -0.4 is 0 Å².